The fourth-order valence-electron chi connectivity index (χ4n) is 3.03. The highest BCUT2D eigenvalue weighted by molar-refractivity contribution is 5.81. The molecule has 1 amide bonds. The Morgan fingerprint density at radius 1 is 1.08 bits per heavy atom. The van der Waals surface area contributed by atoms with Gasteiger partial charge in [-0.1, -0.05) is 30.3 Å². The molecule has 2 aromatic rings. The molecule has 1 unspecified atom stereocenters. The zero-order valence-electron chi connectivity index (χ0n) is 13.9. The van der Waals surface area contributed by atoms with E-state index in [1.807, 2.05) is 35.2 Å². The van der Waals surface area contributed by atoms with Crippen LogP contribution in [0.1, 0.15) is 17.3 Å². The van der Waals surface area contributed by atoms with Gasteiger partial charge >= 0.3 is 6.18 Å². The predicted molar refractivity (Wildman–Crippen MR) is 89.2 cm³/mol. The molecule has 26 heavy (non-hydrogen) atoms. The van der Waals surface area contributed by atoms with Crippen molar-refractivity contribution in [2.45, 2.75) is 12.2 Å². The molecule has 1 fully saturated rings. The standard InChI is InChI=1S/C17H18F3N5O/c18-17(19,20)13-6-7-22-16(23-13)25-10-8-24(9-11-25)14(15(21)26)12-4-2-1-3-5-12/h1-7,14H,8-11H2,(H2,21,26). The average molecular weight is 365 g/mol. The number of piperazine rings is 1. The lowest BCUT2D eigenvalue weighted by atomic mass is 10.0. The number of nitrogens with zero attached hydrogens (tertiary/aromatic N) is 4. The number of carbonyl (C=O) groups excluding carboxylic acids is 1. The van der Waals surface area contributed by atoms with E-state index in [0.717, 1.165) is 17.8 Å². The first-order valence-electron chi connectivity index (χ1n) is 8.10. The number of carbonyl (C=O) groups is 1. The van der Waals surface area contributed by atoms with Gasteiger partial charge in [0.15, 0.2) is 0 Å². The van der Waals surface area contributed by atoms with Crippen LogP contribution in [-0.4, -0.2) is 47.0 Å². The second-order valence-corrected chi connectivity index (χ2v) is 5.98. The Hall–Kier alpha value is -2.68. The summed E-state index contributed by atoms with van der Waals surface area (Å²) in [5.74, 6) is -0.422. The number of hydrogen-bond acceptors (Lipinski definition) is 5. The van der Waals surface area contributed by atoms with Crippen LogP contribution in [-0.2, 0) is 11.0 Å². The molecule has 1 aromatic carbocycles. The summed E-state index contributed by atoms with van der Waals surface area (Å²) in [6.07, 6.45) is -3.41. The fraction of sp³-hybridized carbons (Fsp3) is 0.353. The number of anilines is 1. The summed E-state index contributed by atoms with van der Waals surface area (Å²) < 4.78 is 38.4. The summed E-state index contributed by atoms with van der Waals surface area (Å²) in [5.41, 5.74) is 5.40. The highest BCUT2D eigenvalue weighted by Crippen LogP contribution is 2.29. The maximum atomic E-state index is 12.8. The number of rotatable bonds is 4. The van der Waals surface area contributed by atoms with Crippen molar-refractivity contribution in [1.82, 2.24) is 14.9 Å². The summed E-state index contributed by atoms with van der Waals surface area (Å²) in [7, 11) is 0. The molecule has 0 bridgehead atoms. The number of alkyl halides is 3. The third-order valence-corrected chi connectivity index (χ3v) is 4.28. The maximum Gasteiger partial charge on any atom is 0.433 e. The first kappa shape index (κ1) is 18.1. The van der Waals surface area contributed by atoms with Gasteiger partial charge in [0.25, 0.3) is 0 Å². The highest BCUT2D eigenvalue weighted by Gasteiger charge is 2.34. The highest BCUT2D eigenvalue weighted by atomic mass is 19.4. The monoisotopic (exact) mass is 365 g/mol. The number of aromatic nitrogens is 2. The van der Waals surface area contributed by atoms with E-state index in [1.54, 1.807) is 4.90 Å². The second kappa shape index (κ2) is 7.28. The van der Waals surface area contributed by atoms with Crippen molar-refractivity contribution < 1.29 is 18.0 Å². The SMILES string of the molecule is NC(=O)C(c1ccccc1)N1CCN(c2nccc(C(F)(F)F)n2)CC1. The molecular weight excluding hydrogens is 347 g/mol. The minimum absolute atomic E-state index is 0.0369. The predicted octanol–water partition coefficient (Wildman–Crippen LogP) is 1.84. The molecule has 138 valence electrons. The third-order valence-electron chi connectivity index (χ3n) is 4.28. The van der Waals surface area contributed by atoms with Crippen LogP contribution in [0.25, 0.3) is 0 Å². The van der Waals surface area contributed by atoms with E-state index in [-0.39, 0.29) is 5.95 Å². The van der Waals surface area contributed by atoms with Gasteiger partial charge < -0.3 is 10.6 Å². The van der Waals surface area contributed by atoms with Gasteiger partial charge in [0.1, 0.15) is 11.7 Å². The summed E-state index contributed by atoms with van der Waals surface area (Å²) in [4.78, 5) is 23.1. The van der Waals surface area contributed by atoms with Crippen LogP contribution in [0.5, 0.6) is 0 Å². The Labute approximate surface area is 148 Å². The Balaban J connectivity index is 1.72. The van der Waals surface area contributed by atoms with Gasteiger partial charge in [0, 0.05) is 32.4 Å². The van der Waals surface area contributed by atoms with Crippen molar-refractivity contribution in [3.05, 3.63) is 53.9 Å². The third kappa shape index (κ3) is 3.93. The van der Waals surface area contributed by atoms with E-state index >= 15 is 0 Å². The average Bonchev–Trinajstić information content (AvgIpc) is 2.62. The van der Waals surface area contributed by atoms with Gasteiger partial charge in [0.2, 0.25) is 11.9 Å². The molecule has 1 aromatic heterocycles. The normalized spacial score (nSPS) is 17.1. The summed E-state index contributed by atoms with van der Waals surface area (Å²) in [5, 5.41) is 0. The van der Waals surface area contributed by atoms with Crippen molar-refractivity contribution in [2.75, 3.05) is 31.1 Å². The maximum absolute atomic E-state index is 12.8. The summed E-state index contributed by atoms with van der Waals surface area (Å²) in [6, 6.07) is 9.45. The molecule has 0 saturated carbocycles. The van der Waals surface area contributed by atoms with Crippen molar-refractivity contribution in [3.63, 3.8) is 0 Å². The minimum atomic E-state index is -4.51. The number of primary amides is 1. The molecule has 2 N–H and O–H groups in total. The van der Waals surface area contributed by atoms with Gasteiger partial charge in [-0.3, -0.25) is 9.69 Å². The van der Waals surface area contributed by atoms with E-state index in [1.165, 1.54) is 0 Å². The van der Waals surface area contributed by atoms with Gasteiger partial charge in [-0.25, -0.2) is 9.97 Å². The lowest BCUT2D eigenvalue weighted by molar-refractivity contribution is -0.141. The zero-order valence-corrected chi connectivity index (χ0v) is 13.9. The van der Waals surface area contributed by atoms with Crippen LogP contribution in [0.15, 0.2) is 42.6 Å². The molecular formula is C17H18F3N5O. The molecule has 9 heteroatoms. The number of benzene rings is 1. The lowest BCUT2D eigenvalue weighted by Gasteiger charge is -2.38. The number of hydrogen-bond donors (Lipinski definition) is 1. The zero-order chi connectivity index (χ0) is 18.7. The topological polar surface area (TPSA) is 75.4 Å². The Morgan fingerprint density at radius 2 is 1.73 bits per heavy atom. The van der Waals surface area contributed by atoms with E-state index in [0.29, 0.717) is 26.2 Å². The van der Waals surface area contributed by atoms with Gasteiger partial charge in [-0.2, -0.15) is 13.2 Å². The van der Waals surface area contributed by atoms with Gasteiger partial charge in [0.05, 0.1) is 0 Å². The van der Waals surface area contributed by atoms with E-state index in [9.17, 15) is 18.0 Å². The number of nitrogens with two attached hydrogens (primary N) is 1. The fourth-order valence-corrected chi connectivity index (χ4v) is 3.03. The number of halogens is 3. The van der Waals surface area contributed by atoms with E-state index in [4.69, 9.17) is 5.73 Å². The minimum Gasteiger partial charge on any atom is -0.368 e. The largest absolute Gasteiger partial charge is 0.433 e. The van der Waals surface area contributed by atoms with Crippen LogP contribution >= 0.6 is 0 Å². The molecule has 1 aliphatic heterocycles. The van der Waals surface area contributed by atoms with Crippen LogP contribution in [0.2, 0.25) is 0 Å². The summed E-state index contributed by atoms with van der Waals surface area (Å²) in [6.45, 7) is 1.72. The van der Waals surface area contributed by atoms with Gasteiger partial charge in [-0.15, -0.1) is 0 Å². The van der Waals surface area contributed by atoms with Crippen LogP contribution in [0, 0.1) is 0 Å². The molecule has 2 heterocycles. The molecule has 6 nitrogen and oxygen atoms in total. The first-order valence-corrected chi connectivity index (χ1v) is 8.10. The Bertz CT molecular complexity index is 760. The molecule has 1 atom stereocenters. The van der Waals surface area contributed by atoms with Crippen molar-refractivity contribution >= 4 is 11.9 Å². The smallest absolute Gasteiger partial charge is 0.368 e. The molecule has 0 spiro atoms. The lowest BCUT2D eigenvalue weighted by Crippen LogP contribution is -2.50. The Kier molecular flexibility index (Phi) is 5.08. The summed E-state index contributed by atoms with van der Waals surface area (Å²) >= 11 is 0. The first-order chi connectivity index (χ1) is 12.4. The molecule has 3 rings (SSSR count). The van der Waals surface area contributed by atoms with E-state index < -0.39 is 23.8 Å². The number of amides is 1. The van der Waals surface area contributed by atoms with Gasteiger partial charge in [-0.05, 0) is 11.6 Å². The molecule has 0 radical (unpaired) electrons. The van der Waals surface area contributed by atoms with Crippen LogP contribution in [0.4, 0.5) is 19.1 Å². The molecule has 1 aliphatic rings. The second-order valence-electron chi connectivity index (χ2n) is 5.98. The van der Waals surface area contributed by atoms with Crippen LogP contribution < -0.4 is 10.6 Å². The quantitative estimate of drug-likeness (QED) is 0.895. The molecule has 1 saturated heterocycles. The van der Waals surface area contributed by atoms with Crippen LogP contribution in [0.3, 0.4) is 0 Å². The van der Waals surface area contributed by atoms with Crippen molar-refractivity contribution in [1.29, 1.82) is 0 Å². The molecule has 0 aliphatic carbocycles. The van der Waals surface area contributed by atoms with E-state index in [2.05, 4.69) is 9.97 Å². The Morgan fingerprint density at radius 3 is 2.31 bits per heavy atom. The van der Waals surface area contributed by atoms with Crippen molar-refractivity contribution in [2.24, 2.45) is 5.73 Å². The van der Waals surface area contributed by atoms with Crippen molar-refractivity contribution in [3.8, 4) is 0 Å².